The van der Waals surface area contributed by atoms with E-state index < -0.39 is 23.6 Å². The van der Waals surface area contributed by atoms with E-state index in [0.29, 0.717) is 4.47 Å². The van der Waals surface area contributed by atoms with Crippen molar-refractivity contribution in [3.63, 3.8) is 0 Å². The predicted molar refractivity (Wildman–Crippen MR) is 54.9 cm³/mol. The van der Waals surface area contributed by atoms with E-state index in [-0.39, 0.29) is 12.0 Å². The standard InChI is InChI=1S/C9H9BrFNO3/c10-4-1-2-5(11)9(15)8(4)6(12)3-7(13)14/h1-2,6,15H,3,12H2,(H,13,14). The van der Waals surface area contributed by atoms with Crippen LogP contribution in [-0.4, -0.2) is 16.2 Å². The molecule has 0 aromatic heterocycles. The quantitative estimate of drug-likeness (QED) is 0.786. The Kier molecular flexibility index (Phi) is 3.65. The molecule has 1 aromatic carbocycles. The summed E-state index contributed by atoms with van der Waals surface area (Å²) < 4.78 is 13.4. The van der Waals surface area contributed by atoms with Gasteiger partial charge in [0.1, 0.15) is 0 Å². The molecule has 1 aromatic rings. The number of halogens is 2. The predicted octanol–water partition coefficient (Wildman–Crippen LogP) is 1.77. The fraction of sp³-hybridized carbons (Fsp3) is 0.222. The summed E-state index contributed by atoms with van der Waals surface area (Å²) in [5, 5.41) is 17.9. The highest BCUT2D eigenvalue weighted by molar-refractivity contribution is 9.10. The van der Waals surface area contributed by atoms with Crippen molar-refractivity contribution in [1.29, 1.82) is 0 Å². The molecule has 0 aliphatic rings. The van der Waals surface area contributed by atoms with Gasteiger partial charge >= 0.3 is 5.97 Å². The smallest absolute Gasteiger partial charge is 0.305 e. The van der Waals surface area contributed by atoms with Gasteiger partial charge in [-0.15, -0.1) is 0 Å². The maximum atomic E-state index is 13.0. The molecular formula is C9H9BrFNO3. The minimum Gasteiger partial charge on any atom is -0.505 e. The maximum absolute atomic E-state index is 13.0. The molecule has 4 nitrogen and oxygen atoms in total. The van der Waals surface area contributed by atoms with Gasteiger partial charge in [0.25, 0.3) is 0 Å². The third-order valence-electron chi connectivity index (χ3n) is 1.88. The largest absolute Gasteiger partial charge is 0.505 e. The Labute approximate surface area is 93.6 Å². The Balaban J connectivity index is 3.12. The van der Waals surface area contributed by atoms with Crippen LogP contribution < -0.4 is 5.73 Å². The van der Waals surface area contributed by atoms with E-state index in [1.807, 2.05) is 0 Å². The molecule has 6 heteroatoms. The molecule has 0 aliphatic heterocycles. The van der Waals surface area contributed by atoms with E-state index in [1.165, 1.54) is 6.07 Å². The minimum absolute atomic E-state index is 0.0670. The highest BCUT2D eigenvalue weighted by Gasteiger charge is 2.19. The van der Waals surface area contributed by atoms with Crippen LogP contribution in [0.4, 0.5) is 4.39 Å². The Morgan fingerprint density at radius 2 is 2.20 bits per heavy atom. The second-order valence-corrected chi connectivity index (χ2v) is 3.85. The summed E-state index contributed by atoms with van der Waals surface area (Å²) in [6, 6.07) is 1.48. The van der Waals surface area contributed by atoms with Gasteiger partial charge in [-0.2, -0.15) is 0 Å². The molecule has 0 saturated carbocycles. The molecule has 82 valence electrons. The number of phenolic OH excluding ortho intramolecular Hbond substituents is 1. The molecule has 0 bridgehead atoms. The number of carboxylic acid groups (broad SMARTS) is 1. The zero-order chi connectivity index (χ0) is 11.6. The summed E-state index contributed by atoms with van der Waals surface area (Å²) >= 11 is 3.07. The fourth-order valence-electron chi connectivity index (χ4n) is 1.20. The third-order valence-corrected chi connectivity index (χ3v) is 2.57. The van der Waals surface area contributed by atoms with Gasteiger partial charge in [0, 0.05) is 16.1 Å². The van der Waals surface area contributed by atoms with E-state index >= 15 is 0 Å². The molecule has 0 amide bonds. The molecule has 0 saturated heterocycles. The van der Waals surface area contributed by atoms with E-state index in [0.717, 1.165) is 6.07 Å². The molecule has 0 heterocycles. The molecule has 0 radical (unpaired) electrons. The number of hydrogen-bond donors (Lipinski definition) is 3. The third kappa shape index (κ3) is 2.66. The highest BCUT2D eigenvalue weighted by atomic mass is 79.9. The van der Waals surface area contributed by atoms with Gasteiger partial charge in [-0.05, 0) is 12.1 Å². The van der Waals surface area contributed by atoms with Crippen molar-refractivity contribution >= 4 is 21.9 Å². The Morgan fingerprint density at radius 1 is 1.60 bits per heavy atom. The summed E-state index contributed by atoms with van der Waals surface area (Å²) in [5.74, 6) is -2.55. The molecule has 1 atom stereocenters. The van der Waals surface area contributed by atoms with Gasteiger partial charge in [-0.3, -0.25) is 4.79 Å². The van der Waals surface area contributed by atoms with Crippen LogP contribution in [-0.2, 0) is 4.79 Å². The number of nitrogens with two attached hydrogens (primary N) is 1. The average molecular weight is 278 g/mol. The highest BCUT2D eigenvalue weighted by Crippen LogP contribution is 2.34. The molecular weight excluding hydrogens is 269 g/mol. The number of aliphatic carboxylic acids is 1. The number of aromatic hydroxyl groups is 1. The zero-order valence-corrected chi connectivity index (χ0v) is 9.16. The topological polar surface area (TPSA) is 83.6 Å². The number of phenols is 1. The number of rotatable bonds is 3. The summed E-state index contributed by atoms with van der Waals surface area (Å²) in [6.45, 7) is 0. The fourth-order valence-corrected chi connectivity index (χ4v) is 1.81. The summed E-state index contributed by atoms with van der Waals surface area (Å²) in [6.07, 6.45) is -0.379. The van der Waals surface area contributed by atoms with Crippen LogP contribution in [0.3, 0.4) is 0 Å². The lowest BCUT2D eigenvalue weighted by Crippen LogP contribution is -2.16. The van der Waals surface area contributed by atoms with E-state index in [2.05, 4.69) is 15.9 Å². The van der Waals surface area contributed by atoms with Crippen LogP contribution in [0.25, 0.3) is 0 Å². The first kappa shape index (κ1) is 11.9. The molecule has 0 aliphatic carbocycles. The zero-order valence-electron chi connectivity index (χ0n) is 7.58. The maximum Gasteiger partial charge on any atom is 0.305 e. The van der Waals surface area contributed by atoms with Crippen molar-refractivity contribution < 1.29 is 19.4 Å². The van der Waals surface area contributed by atoms with Gasteiger partial charge in [0.15, 0.2) is 11.6 Å². The lowest BCUT2D eigenvalue weighted by molar-refractivity contribution is -0.137. The SMILES string of the molecule is NC(CC(=O)O)c1c(Br)ccc(F)c1O. The van der Waals surface area contributed by atoms with Crippen molar-refractivity contribution in [3.8, 4) is 5.75 Å². The first-order valence-corrected chi connectivity index (χ1v) is 4.87. The van der Waals surface area contributed by atoms with E-state index in [1.54, 1.807) is 0 Å². The molecule has 1 rings (SSSR count). The van der Waals surface area contributed by atoms with Crippen molar-refractivity contribution in [2.75, 3.05) is 0 Å². The second-order valence-electron chi connectivity index (χ2n) is 3.00. The van der Waals surface area contributed by atoms with E-state index in [4.69, 9.17) is 10.8 Å². The molecule has 1 unspecified atom stereocenters. The first-order chi connectivity index (χ1) is 6.93. The second kappa shape index (κ2) is 4.59. The lowest BCUT2D eigenvalue weighted by Gasteiger charge is -2.13. The van der Waals surface area contributed by atoms with Gasteiger partial charge in [0.2, 0.25) is 0 Å². The van der Waals surface area contributed by atoms with Gasteiger partial charge in [0.05, 0.1) is 6.42 Å². The van der Waals surface area contributed by atoms with Gasteiger partial charge in [-0.1, -0.05) is 15.9 Å². The molecule has 4 N–H and O–H groups in total. The minimum atomic E-state index is -1.11. The van der Waals surface area contributed by atoms with Crippen LogP contribution >= 0.6 is 15.9 Å². The Bertz CT molecular complexity index is 397. The van der Waals surface area contributed by atoms with Crippen LogP contribution in [0, 0.1) is 5.82 Å². The van der Waals surface area contributed by atoms with Gasteiger partial charge < -0.3 is 15.9 Å². The average Bonchev–Trinajstić information content (AvgIpc) is 2.11. The van der Waals surface area contributed by atoms with Crippen LogP contribution in [0.5, 0.6) is 5.75 Å². The van der Waals surface area contributed by atoms with Crippen molar-refractivity contribution in [2.45, 2.75) is 12.5 Å². The number of carboxylic acids is 1. The summed E-state index contributed by atoms with van der Waals surface area (Å²) in [5.41, 5.74) is 5.60. The molecule has 0 spiro atoms. The summed E-state index contributed by atoms with van der Waals surface area (Å²) in [4.78, 5) is 10.4. The number of carbonyl (C=O) groups is 1. The monoisotopic (exact) mass is 277 g/mol. The number of hydrogen-bond acceptors (Lipinski definition) is 3. The first-order valence-electron chi connectivity index (χ1n) is 4.07. The Morgan fingerprint density at radius 3 is 2.73 bits per heavy atom. The van der Waals surface area contributed by atoms with Crippen molar-refractivity contribution in [3.05, 3.63) is 28.0 Å². The van der Waals surface area contributed by atoms with Crippen LogP contribution in [0.15, 0.2) is 16.6 Å². The van der Waals surface area contributed by atoms with Crippen molar-refractivity contribution in [2.24, 2.45) is 5.73 Å². The van der Waals surface area contributed by atoms with Gasteiger partial charge in [-0.25, -0.2) is 4.39 Å². The van der Waals surface area contributed by atoms with Crippen molar-refractivity contribution in [1.82, 2.24) is 0 Å². The summed E-state index contributed by atoms with van der Waals surface area (Å²) in [7, 11) is 0. The number of benzene rings is 1. The molecule has 0 fully saturated rings. The molecule has 15 heavy (non-hydrogen) atoms. The van der Waals surface area contributed by atoms with E-state index in [9.17, 15) is 14.3 Å². The van der Waals surface area contributed by atoms with Crippen LogP contribution in [0.2, 0.25) is 0 Å². The normalized spacial score (nSPS) is 12.5. The van der Waals surface area contributed by atoms with Crippen LogP contribution in [0.1, 0.15) is 18.0 Å². The lowest BCUT2D eigenvalue weighted by atomic mass is 10.0. The Hall–Kier alpha value is -1.14.